The number of carboxylic acid groups (broad SMARTS) is 1. The molecule has 0 amide bonds. The van der Waals surface area contributed by atoms with Gasteiger partial charge in [-0.25, -0.2) is 0 Å². The number of fused-ring (bicyclic) bond motifs is 8. The van der Waals surface area contributed by atoms with Crippen LogP contribution in [0.1, 0.15) is 163 Å². The summed E-state index contributed by atoms with van der Waals surface area (Å²) in [5, 5.41) is 28.9. The van der Waals surface area contributed by atoms with Crippen molar-refractivity contribution in [3.63, 3.8) is 0 Å². The Bertz CT molecular complexity index is 2320. The van der Waals surface area contributed by atoms with Crippen molar-refractivity contribution >= 4 is 58.6 Å². The monoisotopic (exact) mass is 842 g/mol. The van der Waals surface area contributed by atoms with Gasteiger partial charge in [-0.2, -0.15) is 0 Å². The second-order valence-corrected chi connectivity index (χ2v) is 19.1. The zero-order chi connectivity index (χ0) is 43.2. The molecule has 1 fully saturated rings. The van der Waals surface area contributed by atoms with Crippen LogP contribution in [0.3, 0.4) is 0 Å². The Morgan fingerprint density at radius 3 is 2.11 bits per heavy atom. The molecule has 6 rings (SSSR count). The van der Waals surface area contributed by atoms with E-state index in [0.717, 1.165) is 105 Å². The van der Waals surface area contributed by atoms with E-state index in [1.165, 1.54) is 56.9 Å². The average Bonchev–Trinajstić information content (AvgIpc) is 3.95. The van der Waals surface area contributed by atoms with Crippen molar-refractivity contribution in [2.45, 2.75) is 159 Å². The van der Waals surface area contributed by atoms with E-state index in [-0.39, 0.29) is 40.8 Å². The number of hydrogen-bond acceptors (Lipinski definition) is 4. The fraction of sp³-hybridized carbons (Fsp3) is 0.596. The maximum Gasteiger partial charge on any atom is 2.00 e. The number of nitrogens with zero attached hydrogens (tertiary/aromatic N) is 3. The quantitative estimate of drug-likeness (QED) is 0.0603. The third-order valence-electron chi connectivity index (χ3n) is 13.9. The maximum absolute atomic E-state index is 13.0. The standard InChI is InChI=1S/C52H73N4O4.Mg/c1-11-40-36(9)43-28-42-35(8)34(7)41(54-42)27-39-26-38(49(53-39)47-48(52(58)59)51(57)46-37(10)44(56-50(46)47)29-45(40)55-43)22-15-24-60-25-23-33(6)21-14-20-32(5)19-13-18-31(4)17-12-16-30(2)3;/h23,27-32,38,48-49,53,57H,11-22,24-26H2,1-10H3,(H,58,59);/q-3;+2/b33-23+,39-27-,43-28-,45-29-;/t31-,32-,38+,48+,49?;/m1./s1. The number of allylic oxidation sites excluding steroid dienone is 2. The number of ether oxygens (including phenoxy) is 1. The normalized spacial score (nSPS) is 21.3. The van der Waals surface area contributed by atoms with Gasteiger partial charge in [0, 0.05) is 17.5 Å². The Hall–Kier alpha value is -3.40. The molecular formula is C52H73MgN4O4-. The van der Waals surface area contributed by atoms with Gasteiger partial charge in [-0.05, 0) is 102 Å². The van der Waals surface area contributed by atoms with Crippen LogP contribution >= 0.6 is 0 Å². The van der Waals surface area contributed by atoms with Crippen molar-refractivity contribution in [3.8, 4) is 0 Å². The minimum atomic E-state index is -1.16. The van der Waals surface area contributed by atoms with Crippen molar-refractivity contribution in [2.24, 2.45) is 29.6 Å². The molecule has 61 heavy (non-hydrogen) atoms. The zero-order valence-electron chi connectivity index (χ0n) is 39.1. The van der Waals surface area contributed by atoms with Crippen LogP contribution in [0.4, 0.5) is 0 Å². The predicted octanol–water partition coefficient (Wildman–Crippen LogP) is 7.68. The number of rotatable bonds is 20. The summed E-state index contributed by atoms with van der Waals surface area (Å²) in [5.41, 5.74) is 10.9. The van der Waals surface area contributed by atoms with Gasteiger partial charge in [-0.3, -0.25) is 4.79 Å². The second kappa shape index (κ2) is 21.8. The topological polar surface area (TPSA) is 121 Å². The number of aliphatic hydroxyl groups excluding tert-OH is 1. The molecule has 328 valence electrons. The first-order chi connectivity index (χ1) is 28.7. The van der Waals surface area contributed by atoms with Gasteiger partial charge < -0.3 is 35.2 Å². The molecular weight excluding hydrogens is 769 g/mol. The first kappa shape index (κ1) is 48.6. The van der Waals surface area contributed by atoms with Gasteiger partial charge in [0.05, 0.1) is 12.6 Å². The van der Waals surface area contributed by atoms with E-state index in [1.54, 1.807) is 0 Å². The summed E-state index contributed by atoms with van der Waals surface area (Å²) in [6, 6.07) is -0.321. The minimum Gasteiger partial charge on any atom is -0.657 e. The summed E-state index contributed by atoms with van der Waals surface area (Å²) in [4.78, 5) is 28.2. The zero-order valence-corrected chi connectivity index (χ0v) is 40.6. The molecule has 1 unspecified atom stereocenters. The molecule has 9 heteroatoms. The SMILES string of the molecule is CCc1c(C)/c2[n-]/c1=C\c1[n-]c3c(c1C)=C(O)[C@@H](C(=O)O)C=3C1N/C(=C\c3[n-]c(c(C)c3C)\C=2)C[C@@H]1CCCOC/C=C(\C)CCC[C@H](C)CCC[C@H](C)CCCC(C)C.[Mg+2]. The van der Waals surface area contributed by atoms with Gasteiger partial charge in [0.25, 0.3) is 0 Å². The molecule has 5 heterocycles. The van der Waals surface area contributed by atoms with E-state index in [9.17, 15) is 15.0 Å². The van der Waals surface area contributed by atoms with Crippen molar-refractivity contribution in [2.75, 3.05) is 13.2 Å². The number of nitrogens with one attached hydrogen (secondary N) is 1. The summed E-state index contributed by atoms with van der Waals surface area (Å²) in [6.45, 7) is 23.4. The fourth-order valence-electron chi connectivity index (χ4n) is 9.97. The molecule has 3 aromatic rings. The summed E-state index contributed by atoms with van der Waals surface area (Å²) in [5.74, 6) is 0.183. The number of aliphatic carboxylic acids is 1. The first-order valence-corrected chi connectivity index (χ1v) is 23.2. The van der Waals surface area contributed by atoms with Gasteiger partial charge in [-0.15, -0.1) is 33.1 Å². The molecule has 8 nitrogen and oxygen atoms in total. The Balaban J connectivity index is 0.00000704. The Kier molecular flexibility index (Phi) is 17.4. The molecule has 1 aliphatic carbocycles. The van der Waals surface area contributed by atoms with E-state index < -0.39 is 11.9 Å². The van der Waals surface area contributed by atoms with Crippen LogP contribution in [-0.4, -0.2) is 58.5 Å². The van der Waals surface area contributed by atoms with Gasteiger partial charge in [0.15, 0.2) is 0 Å². The van der Waals surface area contributed by atoms with Crippen molar-refractivity contribution in [3.05, 3.63) is 83.5 Å². The maximum atomic E-state index is 13.0. The van der Waals surface area contributed by atoms with Gasteiger partial charge in [-0.1, -0.05) is 137 Å². The Labute approximate surface area is 381 Å². The predicted molar refractivity (Wildman–Crippen MR) is 251 cm³/mol. The average molecular weight is 842 g/mol. The van der Waals surface area contributed by atoms with Crippen molar-refractivity contribution < 1.29 is 19.7 Å². The van der Waals surface area contributed by atoms with Crippen molar-refractivity contribution in [1.82, 2.24) is 20.3 Å². The Morgan fingerprint density at radius 2 is 1.46 bits per heavy atom. The van der Waals surface area contributed by atoms with Gasteiger partial charge in [0.1, 0.15) is 11.7 Å². The molecule has 1 saturated heterocycles. The number of carbonyl (C=O) groups is 1. The van der Waals surface area contributed by atoms with Crippen LogP contribution in [0.15, 0.2) is 17.3 Å². The first-order valence-electron chi connectivity index (χ1n) is 23.2. The molecule has 2 aliphatic heterocycles. The molecule has 0 radical (unpaired) electrons. The van der Waals surface area contributed by atoms with Crippen LogP contribution in [0.25, 0.3) is 29.6 Å². The van der Waals surface area contributed by atoms with Crippen molar-refractivity contribution in [1.29, 1.82) is 0 Å². The molecule has 0 aromatic carbocycles. The van der Waals surface area contributed by atoms with E-state index in [2.05, 4.69) is 85.9 Å². The van der Waals surface area contributed by atoms with Crippen LogP contribution in [-0.2, 0) is 16.0 Å². The third kappa shape index (κ3) is 11.4. The van der Waals surface area contributed by atoms with Crippen LogP contribution in [0.2, 0.25) is 0 Å². The molecule has 3 aromatic heterocycles. The molecule has 3 aliphatic rings. The van der Waals surface area contributed by atoms with E-state index in [0.29, 0.717) is 35.0 Å². The third-order valence-corrected chi connectivity index (χ3v) is 13.9. The molecule has 3 N–H and O–H groups in total. The largest absolute Gasteiger partial charge is 2.00 e. The number of aliphatic hydroxyl groups is 1. The number of aromatic nitrogens is 3. The second-order valence-electron chi connectivity index (χ2n) is 19.1. The number of carboxylic acids is 1. The number of hydrogen-bond donors (Lipinski definition) is 3. The summed E-state index contributed by atoms with van der Waals surface area (Å²) < 4.78 is 6.17. The Morgan fingerprint density at radius 1 is 0.836 bits per heavy atom. The van der Waals surface area contributed by atoms with Gasteiger partial charge >= 0.3 is 29.0 Å². The van der Waals surface area contributed by atoms with Crippen LogP contribution < -0.4 is 41.5 Å². The van der Waals surface area contributed by atoms with E-state index in [1.807, 2.05) is 13.0 Å². The van der Waals surface area contributed by atoms with Crippen LogP contribution in [0, 0.1) is 57.3 Å². The van der Waals surface area contributed by atoms with Gasteiger partial charge in [0.2, 0.25) is 0 Å². The molecule has 0 spiro atoms. The van der Waals surface area contributed by atoms with Crippen LogP contribution in [0.5, 0.6) is 0 Å². The smallest absolute Gasteiger partial charge is 0.657 e. The molecule has 0 saturated carbocycles. The molecule has 5 atom stereocenters. The van der Waals surface area contributed by atoms with E-state index >= 15 is 0 Å². The summed E-state index contributed by atoms with van der Waals surface area (Å²) in [7, 11) is 0. The van der Waals surface area contributed by atoms with E-state index in [4.69, 9.17) is 19.7 Å². The molecule has 8 bridgehead atoms. The minimum absolute atomic E-state index is 0. The fourth-order valence-corrected chi connectivity index (χ4v) is 9.97. The summed E-state index contributed by atoms with van der Waals surface area (Å²) in [6.07, 6.45) is 23.5. The summed E-state index contributed by atoms with van der Waals surface area (Å²) >= 11 is 0.